The Bertz CT molecular complexity index is 530. The minimum atomic E-state index is -1.02. The van der Waals surface area contributed by atoms with E-state index in [4.69, 9.17) is 0 Å². The van der Waals surface area contributed by atoms with Crippen LogP contribution in [0.2, 0.25) is 0 Å². The first kappa shape index (κ1) is 11.7. The summed E-state index contributed by atoms with van der Waals surface area (Å²) in [6.07, 6.45) is 1.68. The first-order valence-corrected chi connectivity index (χ1v) is 5.60. The molecular formula is C14H16N2O. The Morgan fingerprint density at radius 3 is 2.47 bits per heavy atom. The number of aromatic nitrogens is 2. The lowest BCUT2D eigenvalue weighted by molar-refractivity contribution is 0.0688. The lowest BCUT2D eigenvalue weighted by Crippen LogP contribution is -2.19. The van der Waals surface area contributed by atoms with Crippen LogP contribution in [-0.2, 0) is 5.60 Å². The fourth-order valence-corrected chi connectivity index (χ4v) is 1.66. The van der Waals surface area contributed by atoms with Gasteiger partial charge in [0.15, 0.2) is 5.82 Å². The van der Waals surface area contributed by atoms with Gasteiger partial charge in [-0.15, -0.1) is 0 Å². The minimum Gasteiger partial charge on any atom is -0.382 e. The summed E-state index contributed by atoms with van der Waals surface area (Å²) in [5.74, 6) is 0.443. The number of rotatable bonds is 2. The van der Waals surface area contributed by atoms with Crippen molar-refractivity contribution < 1.29 is 5.11 Å². The Balaban J connectivity index is 2.51. The van der Waals surface area contributed by atoms with E-state index in [9.17, 15) is 5.11 Å². The molecule has 17 heavy (non-hydrogen) atoms. The van der Waals surface area contributed by atoms with Crippen LogP contribution in [0.5, 0.6) is 0 Å². The highest BCUT2D eigenvalue weighted by Crippen LogP contribution is 2.23. The van der Waals surface area contributed by atoms with Gasteiger partial charge in [0, 0.05) is 11.8 Å². The van der Waals surface area contributed by atoms with Gasteiger partial charge in [0.05, 0.1) is 5.69 Å². The summed E-state index contributed by atoms with van der Waals surface area (Å²) in [6, 6.07) is 9.90. The second-order valence-corrected chi connectivity index (χ2v) is 4.64. The second-order valence-electron chi connectivity index (χ2n) is 4.64. The highest BCUT2D eigenvalue weighted by Gasteiger charge is 2.20. The molecular weight excluding hydrogens is 212 g/mol. The summed E-state index contributed by atoms with van der Waals surface area (Å²) in [6.45, 7) is 5.41. The molecule has 0 radical (unpaired) electrons. The Morgan fingerprint density at radius 2 is 1.82 bits per heavy atom. The average Bonchev–Trinajstić information content (AvgIpc) is 2.29. The van der Waals surface area contributed by atoms with Gasteiger partial charge in [-0.1, -0.05) is 24.3 Å². The number of benzene rings is 1. The Labute approximate surface area is 101 Å². The van der Waals surface area contributed by atoms with Crippen molar-refractivity contribution in [1.29, 1.82) is 0 Å². The van der Waals surface area contributed by atoms with E-state index in [1.54, 1.807) is 20.0 Å². The van der Waals surface area contributed by atoms with Crippen LogP contribution in [0.15, 0.2) is 36.5 Å². The molecule has 1 aromatic heterocycles. The molecule has 88 valence electrons. The third-order valence-electron chi connectivity index (χ3n) is 2.62. The molecule has 0 amide bonds. The molecule has 0 bridgehead atoms. The largest absolute Gasteiger partial charge is 0.382 e. The molecule has 2 rings (SSSR count). The number of aliphatic hydroxyl groups is 1. The fourth-order valence-electron chi connectivity index (χ4n) is 1.66. The molecule has 0 saturated carbocycles. The minimum absolute atomic E-state index is 0.443. The Kier molecular flexibility index (Phi) is 2.94. The van der Waals surface area contributed by atoms with Crippen LogP contribution in [-0.4, -0.2) is 15.1 Å². The van der Waals surface area contributed by atoms with Crippen LogP contribution < -0.4 is 0 Å². The molecule has 0 unspecified atom stereocenters. The number of hydrogen-bond acceptors (Lipinski definition) is 3. The van der Waals surface area contributed by atoms with E-state index >= 15 is 0 Å². The lowest BCUT2D eigenvalue weighted by atomic mass is 10.0. The lowest BCUT2D eigenvalue weighted by Gasteiger charge is -2.16. The molecule has 3 heteroatoms. The van der Waals surface area contributed by atoms with Gasteiger partial charge < -0.3 is 5.11 Å². The van der Waals surface area contributed by atoms with Crippen molar-refractivity contribution >= 4 is 0 Å². The maximum Gasteiger partial charge on any atom is 0.159 e. The fraction of sp³-hybridized carbons (Fsp3) is 0.286. The summed E-state index contributed by atoms with van der Waals surface area (Å²) in [5.41, 5.74) is 2.06. The van der Waals surface area contributed by atoms with Gasteiger partial charge in [-0.2, -0.15) is 0 Å². The molecule has 1 N–H and O–H groups in total. The maximum atomic E-state index is 9.90. The maximum absolute atomic E-state index is 9.90. The first-order valence-electron chi connectivity index (χ1n) is 5.60. The van der Waals surface area contributed by atoms with E-state index in [1.165, 1.54) is 0 Å². The zero-order chi connectivity index (χ0) is 12.5. The van der Waals surface area contributed by atoms with Gasteiger partial charge in [-0.05, 0) is 32.4 Å². The normalized spacial score (nSPS) is 11.5. The monoisotopic (exact) mass is 228 g/mol. The molecule has 0 spiro atoms. The van der Waals surface area contributed by atoms with E-state index < -0.39 is 5.60 Å². The number of hydrogen-bond donors (Lipinski definition) is 1. The van der Waals surface area contributed by atoms with Gasteiger partial charge in [0.2, 0.25) is 0 Å². The van der Waals surface area contributed by atoms with E-state index in [1.807, 2.05) is 37.3 Å². The summed E-state index contributed by atoms with van der Waals surface area (Å²) in [4.78, 5) is 8.52. The highest BCUT2D eigenvalue weighted by molar-refractivity contribution is 5.62. The third kappa shape index (κ3) is 2.50. The predicted octanol–water partition coefficient (Wildman–Crippen LogP) is 2.68. The molecule has 1 aromatic carbocycles. The van der Waals surface area contributed by atoms with Crippen molar-refractivity contribution in [3.63, 3.8) is 0 Å². The summed E-state index contributed by atoms with van der Waals surface area (Å²) in [7, 11) is 0. The molecule has 0 aliphatic carbocycles. The Morgan fingerprint density at radius 1 is 1.12 bits per heavy atom. The van der Waals surface area contributed by atoms with Crippen molar-refractivity contribution in [2.24, 2.45) is 0 Å². The molecule has 0 aliphatic rings. The summed E-state index contributed by atoms with van der Waals surface area (Å²) < 4.78 is 0. The van der Waals surface area contributed by atoms with Crippen molar-refractivity contribution in [3.8, 4) is 11.3 Å². The molecule has 0 atom stereocenters. The molecule has 1 heterocycles. The highest BCUT2D eigenvalue weighted by atomic mass is 16.3. The van der Waals surface area contributed by atoms with Crippen molar-refractivity contribution in [2.45, 2.75) is 26.4 Å². The van der Waals surface area contributed by atoms with Gasteiger partial charge in [0.1, 0.15) is 5.60 Å². The zero-order valence-corrected chi connectivity index (χ0v) is 10.3. The average molecular weight is 228 g/mol. The Hall–Kier alpha value is -1.74. The first-order chi connectivity index (χ1) is 7.98. The summed E-state index contributed by atoms with van der Waals surface area (Å²) in [5, 5.41) is 9.90. The van der Waals surface area contributed by atoms with Crippen molar-refractivity contribution in [2.75, 3.05) is 0 Å². The van der Waals surface area contributed by atoms with Crippen molar-refractivity contribution in [3.05, 3.63) is 47.9 Å². The quantitative estimate of drug-likeness (QED) is 0.859. The topological polar surface area (TPSA) is 46.0 Å². The molecule has 0 saturated heterocycles. The van der Waals surface area contributed by atoms with Crippen molar-refractivity contribution in [1.82, 2.24) is 9.97 Å². The number of nitrogens with zero attached hydrogens (tertiary/aromatic N) is 2. The van der Waals surface area contributed by atoms with E-state index in [2.05, 4.69) is 9.97 Å². The molecule has 3 nitrogen and oxygen atoms in total. The van der Waals surface area contributed by atoms with Gasteiger partial charge >= 0.3 is 0 Å². The standard InChI is InChI=1S/C14H16N2O/c1-10-6-4-5-7-11(10)12-8-9-15-13(16-12)14(2,3)17/h4-9,17H,1-3H3. The van der Waals surface area contributed by atoms with Crippen LogP contribution in [0, 0.1) is 6.92 Å². The summed E-state index contributed by atoms with van der Waals surface area (Å²) >= 11 is 0. The molecule has 0 aliphatic heterocycles. The van der Waals surface area contributed by atoms with Gasteiger partial charge in [-0.25, -0.2) is 9.97 Å². The van der Waals surface area contributed by atoms with E-state index in [-0.39, 0.29) is 0 Å². The number of aryl methyl sites for hydroxylation is 1. The van der Waals surface area contributed by atoms with Crippen LogP contribution in [0.25, 0.3) is 11.3 Å². The smallest absolute Gasteiger partial charge is 0.159 e. The van der Waals surface area contributed by atoms with Crippen LogP contribution in [0.4, 0.5) is 0 Å². The molecule has 0 fully saturated rings. The van der Waals surface area contributed by atoms with Gasteiger partial charge in [-0.3, -0.25) is 0 Å². The zero-order valence-electron chi connectivity index (χ0n) is 10.3. The van der Waals surface area contributed by atoms with Crippen LogP contribution in [0.1, 0.15) is 25.2 Å². The van der Waals surface area contributed by atoms with E-state index in [0.717, 1.165) is 16.8 Å². The third-order valence-corrected chi connectivity index (χ3v) is 2.62. The van der Waals surface area contributed by atoms with Crippen LogP contribution in [0.3, 0.4) is 0 Å². The SMILES string of the molecule is Cc1ccccc1-c1ccnc(C(C)(C)O)n1. The van der Waals surface area contributed by atoms with Gasteiger partial charge in [0.25, 0.3) is 0 Å². The molecule has 2 aromatic rings. The second kappa shape index (κ2) is 4.26. The predicted molar refractivity (Wildman–Crippen MR) is 67.4 cm³/mol. The van der Waals surface area contributed by atoms with Crippen LogP contribution >= 0.6 is 0 Å². The van der Waals surface area contributed by atoms with E-state index in [0.29, 0.717) is 5.82 Å².